The first-order valence-electron chi connectivity index (χ1n) is 19.8. The van der Waals surface area contributed by atoms with E-state index in [9.17, 15) is 0 Å². The molecule has 0 saturated carbocycles. The topological polar surface area (TPSA) is 18.5 Å². The Labute approximate surface area is 353 Å². The Morgan fingerprint density at radius 3 is 0.948 bits per heavy atom. The Kier molecular flexibility index (Phi) is 8.85. The molecule has 58 heavy (non-hydrogen) atoms. The number of hydrogen-bond acceptors (Lipinski definition) is 6. The van der Waals surface area contributed by atoms with E-state index in [0.717, 1.165) is 22.3 Å². The van der Waals surface area contributed by atoms with Crippen molar-refractivity contribution in [3.05, 3.63) is 202 Å². The van der Waals surface area contributed by atoms with Gasteiger partial charge >= 0.3 is 0 Å². The fourth-order valence-corrected chi connectivity index (χ4v) is 14.0. The quantitative estimate of drug-likeness (QED) is 0.137. The van der Waals surface area contributed by atoms with E-state index in [1.807, 2.05) is 45.3 Å². The van der Waals surface area contributed by atoms with Crippen molar-refractivity contribution >= 4 is 106 Å². The molecule has 0 radical (unpaired) electrons. The van der Waals surface area contributed by atoms with E-state index in [1.165, 1.54) is 70.3 Å². The van der Waals surface area contributed by atoms with Gasteiger partial charge < -0.3 is 9.47 Å². The Hall–Kier alpha value is -5.18. The van der Waals surface area contributed by atoms with Gasteiger partial charge in [0.05, 0.1) is 0 Å². The van der Waals surface area contributed by atoms with Crippen molar-refractivity contribution in [1.29, 1.82) is 0 Å². The number of fused-ring (bicyclic) bond motifs is 11. The van der Waals surface area contributed by atoms with Gasteiger partial charge in [0, 0.05) is 83.5 Å². The minimum absolute atomic E-state index is 0.577. The highest BCUT2D eigenvalue weighted by molar-refractivity contribution is 7.28. The van der Waals surface area contributed by atoms with Crippen LogP contribution in [0.2, 0.25) is 0 Å². The number of hydrogen-bond donors (Lipinski definition) is 0. The standard InChI is InChI=1S/C52H38O2S4/c1-3-53-51(33-17-9-5-10-18-33,34-19-11-6-12-20-34)45-31-37-39(57-45)25-27-41-47(37)49-43(55-41)29-30-44-50(49)48-38-32-46(58-40(38)26-28-42(48)56-44)52(54-4-2,35-21-13-7-14-22-35)36-23-15-8-16-24-36/h5-32H,3-4H2,1-2H3. The summed E-state index contributed by atoms with van der Waals surface area (Å²) in [6.07, 6.45) is 0. The third-order valence-corrected chi connectivity index (χ3v) is 16.2. The third kappa shape index (κ3) is 5.33. The molecule has 11 aromatic rings. The van der Waals surface area contributed by atoms with E-state index >= 15 is 0 Å². The lowest BCUT2D eigenvalue weighted by Gasteiger charge is -2.34. The zero-order valence-electron chi connectivity index (χ0n) is 32.0. The van der Waals surface area contributed by atoms with E-state index in [-0.39, 0.29) is 0 Å². The molecule has 0 aliphatic heterocycles. The van der Waals surface area contributed by atoms with Gasteiger partial charge in [-0.05, 0) is 84.6 Å². The predicted octanol–water partition coefficient (Wildman–Crippen LogP) is 15.5. The van der Waals surface area contributed by atoms with Crippen LogP contribution in [0.4, 0.5) is 0 Å². The molecule has 0 saturated heterocycles. The molecule has 11 rings (SSSR count). The Morgan fingerprint density at radius 1 is 0.345 bits per heavy atom. The van der Waals surface area contributed by atoms with Gasteiger partial charge in [0.15, 0.2) is 11.2 Å². The summed E-state index contributed by atoms with van der Waals surface area (Å²) in [5.41, 5.74) is 3.06. The van der Waals surface area contributed by atoms with Crippen LogP contribution in [0.1, 0.15) is 45.9 Å². The second kappa shape index (κ2) is 14.3. The molecule has 6 heteroatoms. The van der Waals surface area contributed by atoms with Crippen LogP contribution >= 0.6 is 45.3 Å². The summed E-state index contributed by atoms with van der Waals surface area (Å²) in [6, 6.07) is 61.9. The highest BCUT2D eigenvalue weighted by Crippen LogP contribution is 2.53. The first kappa shape index (κ1) is 35.9. The van der Waals surface area contributed by atoms with Crippen molar-refractivity contribution < 1.29 is 9.47 Å². The lowest BCUT2D eigenvalue weighted by molar-refractivity contribution is 0.0242. The van der Waals surface area contributed by atoms with Crippen LogP contribution in [0.25, 0.3) is 60.5 Å². The van der Waals surface area contributed by atoms with Gasteiger partial charge in [-0.3, -0.25) is 0 Å². The summed E-state index contributed by atoms with van der Waals surface area (Å²) < 4.78 is 21.7. The summed E-state index contributed by atoms with van der Waals surface area (Å²) in [4.78, 5) is 2.38. The molecule has 0 bridgehead atoms. The van der Waals surface area contributed by atoms with Crippen LogP contribution in [-0.2, 0) is 20.7 Å². The monoisotopic (exact) mass is 822 g/mol. The van der Waals surface area contributed by atoms with Crippen LogP contribution in [0.3, 0.4) is 0 Å². The minimum Gasteiger partial charge on any atom is -0.360 e. The second-order valence-electron chi connectivity index (χ2n) is 14.6. The van der Waals surface area contributed by atoms with E-state index < -0.39 is 11.2 Å². The molecule has 0 fully saturated rings. The Morgan fingerprint density at radius 2 is 0.638 bits per heavy atom. The van der Waals surface area contributed by atoms with Crippen molar-refractivity contribution in [2.75, 3.05) is 13.2 Å². The summed E-state index contributed by atoms with van der Waals surface area (Å²) in [5, 5.41) is 7.94. The molecule has 0 atom stereocenters. The summed E-state index contributed by atoms with van der Waals surface area (Å²) >= 11 is 7.50. The third-order valence-electron chi connectivity index (χ3n) is 11.5. The van der Waals surface area contributed by atoms with Gasteiger partial charge in [-0.2, -0.15) is 0 Å². The second-order valence-corrected chi connectivity index (χ2v) is 19.0. The fourth-order valence-electron chi connectivity index (χ4n) is 9.19. The van der Waals surface area contributed by atoms with E-state index in [2.05, 4.69) is 184 Å². The van der Waals surface area contributed by atoms with Gasteiger partial charge in [0.25, 0.3) is 0 Å². The molecule has 7 aromatic carbocycles. The lowest BCUT2D eigenvalue weighted by atomic mass is 9.84. The first-order valence-corrected chi connectivity index (χ1v) is 23.1. The van der Waals surface area contributed by atoms with Crippen LogP contribution < -0.4 is 0 Å². The van der Waals surface area contributed by atoms with Crippen molar-refractivity contribution in [2.45, 2.75) is 25.0 Å². The normalized spacial score (nSPS) is 12.6. The molecule has 2 nitrogen and oxygen atoms in total. The maximum absolute atomic E-state index is 6.98. The number of ether oxygens (including phenoxy) is 2. The molecule has 282 valence electrons. The lowest BCUT2D eigenvalue weighted by Crippen LogP contribution is -2.31. The molecular weight excluding hydrogens is 785 g/mol. The molecule has 0 unspecified atom stereocenters. The average molecular weight is 823 g/mol. The van der Waals surface area contributed by atoms with Crippen molar-refractivity contribution in [3.8, 4) is 0 Å². The van der Waals surface area contributed by atoms with E-state index in [4.69, 9.17) is 9.47 Å². The zero-order valence-corrected chi connectivity index (χ0v) is 35.3. The molecule has 0 aliphatic rings. The fraction of sp³-hybridized carbons (Fsp3) is 0.115. The van der Waals surface area contributed by atoms with Gasteiger partial charge in [-0.25, -0.2) is 0 Å². The number of benzene rings is 7. The number of rotatable bonds is 10. The van der Waals surface area contributed by atoms with Crippen LogP contribution in [0, 0.1) is 0 Å². The average Bonchev–Trinajstić information content (AvgIpc) is 4.08. The zero-order chi connectivity index (χ0) is 38.8. The largest absolute Gasteiger partial charge is 0.360 e. The summed E-state index contributed by atoms with van der Waals surface area (Å²) in [7, 11) is 0. The van der Waals surface area contributed by atoms with Crippen LogP contribution in [0.15, 0.2) is 170 Å². The molecule has 0 amide bonds. The molecular formula is C52H38O2S4. The SMILES string of the molecule is CCOC(c1ccccc1)(c1ccccc1)c1cc2c(ccc3sc4ccc5sc6ccc7sc(C(OCC)(c8ccccc8)c8ccccc8)cc7c6c5c4c32)s1. The molecule has 4 heterocycles. The molecule has 0 N–H and O–H groups in total. The van der Waals surface area contributed by atoms with Crippen LogP contribution in [0.5, 0.6) is 0 Å². The first-order chi connectivity index (χ1) is 28.6. The smallest absolute Gasteiger partial charge is 0.152 e. The van der Waals surface area contributed by atoms with Gasteiger partial charge in [0.2, 0.25) is 0 Å². The minimum atomic E-state index is -0.743. The van der Waals surface area contributed by atoms with Gasteiger partial charge in [0.1, 0.15) is 0 Å². The van der Waals surface area contributed by atoms with E-state index in [0.29, 0.717) is 13.2 Å². The van der Waals surface area contributed by atoms with Crippen molar-refractivity contribution in [3.63, 3.8) is 0 Å². The summed E-state index contributed by atoms with van der Waals surface area (Å²) in [5.74, 6) is 0. The van der Waals surface area contributed by atoms with Gasteiger partial charge in [-0.15, -0.1) is 45.3 Å². The maximum Gasteiger partial charge on any atom is 0.152 e. The maximum atomic E-state index is 6.98. The Bertz CT molecular complexity index is 2950. The highest BCUT2D eigenvalue weighted by Gasteiger charge is 2.40. The highest BCUT2D eigenvalue weighted by atomic mass is 32.1. The van der Waals surface area contributed by atoms with Gasteiger partial charge in [-0.1, -0.05) is 121 Å². The molecule has 0 spiro atoms. The van der Waals surface area contributed by atoms with E-state index in [1.54, 1.807) is 0 Å². The van der Waals surface area contributed by atoms with Crippen molar-refractivity contribution in [2.24, 2.45) is 0 Å². The van der Waals surface area contributed by atoms with Crippen LogP contribution in [-0.4, -0.2) is 13.2 Å². The Balaban J connectivity index is 1.21. The molecule has 4 aromatic heterocycles. The van der Waals surface area contributed by atoms with Crippen molar-refractivity contribution in [1.82, 2.24) is 0 Å². The molecule has 0 aliphatic carbocycles. The summed E-state index contributed by atoms with van der Waals surface area (Å²) in [6.45, 7) is 5.36. The predicted molar refractivity (Wildman–Crippen MR) is 252 cm³/mol. The number of thiophene rings is 4.